The number of ether oxygens (including phenoxy) is 2. The first-order chi connectivity index (χ1) is 15.6. The molecule has 2 heterocycles. The van der Waals surface area contributed by atoms with Crippen LogP contribution in [-0.4, -0.2) is 21.9 Å². The first-order valence-corrected chi connectivity index (χ1v) is 10.1. The van der Waals surface area contributed by atoms with Gasteiger partial charge in [0.25, 0.3) is 5.91 Å². The summed E-state index contributed by atoms with van der Waals surface area (Å²) < 4.78 is 13.1. The van der Waals surface area contributed by atoms with Crippen molar-refractivity contribution >= 4 is 11.6 Å². The average Bonchev–Trinajstić information content (AvgIpc) is 3.22. The molecule has 0 fully saturated rings. The van der Waals surface area contributed by atoms with Crippen LogP contribution in [0.4, 0.5) is 0 Å². The Labute approximate surface area is 185 Å². The number of benzene rings is 2. The summed E-state index contributed by atoms with van der Waals surface area (Å²) in [7, 11) is 0. The Morgan fingerprint density at radius 2 is 1.91 bits per heavy atom. The molecule has 4 rings (SSSR count). The molecule has 7 heteroatoms. The van der Waals surface area contributed by atoms with Crippen LogP contribution >= 0.6 is 0 Å². The van der Waals surface area contributed by atoms with Crippen LogP contribution in [0.15, 0.2) is 73.1 Å². The van der Waals surface area contributed by atoms with Crippen LogP contribution in [0.1, 0.15) is 27.2 Å². The van der Waals surface area contributed by atoms with Gasteiger partial charge in [0.2, 0.25) is 0 Å². The van der Waals surface area contributed by atoms with Crippen molar-refractivity contribution in [3.8, 4) is 17.6 Å². The van der Waals surface area contributed by atoms with Crippen molar-refractivity contribution in [3.05, 3.63) is 95.4 Å². The molecule has 0 radical (unpaired) electrons. The number of fused-ring (bicyclic) bond motifs is 1. The first-order valence-electron chi connectivity index (χ1n) is 10.1. The van der Waals surface area contributed by atoms with E-state index >= 15 is 0 Å². The van der Waals surface area contributed by atoms with Crippen molar-refractivity contribution in [1.82, 2.24) is 14.7 Å². The zero-order chi connectivity index (χ0) is 22.3. The number of rotatable bonds is 8. The molecule has 32 heavy (non-hydrogen) atoms. The molecular formula is C25H22N4O3. The van der Waals surface area contributed by atoms with Crippen LogP contribution in [0.2, 0.25) is 0 Å². The maximum atomic E-state index is 12.5. The molecule has 0 saturated carbocycles. The van der Waals surface area contributed by atoms with Crippen LogP contribution in [0.5, 0.6) is 11.5 Å². The Hall–Kier alpha value is -4.31. The van der Waals surface area contributed by atoms with E-state index in [2.05, 4.69) is 10.3 Å². The summed E-state index contributed by atoms with van der Waals surface area (Å²) in [6, 6.07) is 20.2. The molecule has 1 amide bonds. The zero-order valence-electron chi connectivity index (χ0n) is 17.6. The number of carbonyl (C=O) groups is 1. The van der Waals surface area contributed by atoms with Crippen molar-refractivity contribution < 1.29 is 14.3 Å². The maximum absolute atomic E-state index is 12.5. The predicted molar refractivity (Wildman–Crippen MR) is 119 cm³/mol. The highest BCUT2D eigenvalue weighted by atomic mass is 16.5. The number of aryl methyl sites for hydroxylation is 1. The smallest absolute Gasteiger partial charge is 0.251 e. The van der Waals surface area contributed by atoms with E-state index in [4.69, 9.17) is 14.7 Å². The van der Waals surface area contributed by atoms with Crippen LogP contribution < -0.4 is 14.8 Å². The second-order valence-corrected chi connectivity index (χ2v) is 7.29. The van der Waals surface area contributed by atoms with Gasteiger partial charge >= 0.3 is 0 Å². The Balaban J connectivity index is 1.30. The summed E-state index contributed by atoms with van der Waals surface area (Å²) in [5.41, 5.74) is 4.30. The summed E-state index contributed by atoms with van der Waals surface area (Å²) in [5.74, 6) is 1.08. The molecule has 160 valence electrons. The second-order valence-electron chi connectivity index (χ2n) is 7.29. The lowest BCUT2D eigenvalue weighted by molar-refractivity contribution is 0.0951. The number of nitrogens with zero attached hydrogens (tertiary/aromatic N) is 3. The molecule has 0 aliphatic heterocycles. The van der Waals surface area contributed by atoms with Gasteiger partial charge in [-0.2, -0.15) is 5.26 Å². The van der Waals surface area contributed by atoms with Crippen molar-refractivity contribution in [3.63, 3.8) is 0 Å². The van der Waals surface area contributed by atoms with E-state index in [0.29, 0.717) is 30.2 Å². The molecule has 1 N–H and O–H groups in total. The summed E-state index contributed by atoms with van der Waals surface area (Å²) >= 11 is 0. The van der Waals surface area contributed by atoms with Gasteiger partial charge in [0.15, 0.2) is 6.61 Å². The number of aromatic nitrogens is 2. The molecule has 2 aromatic heterocycles. The van der Waals surface area contributed by atoms with Gasteiger partial charge in [0.05, 0.1) is 5.69 Å². The standard InChI is InChI=1S/C25H22N4O3/c1-18-5-10-24-28-21(16-29(24)15-18)17-32-22-8-6-20(7-9-22)25(30)27-14-19-3-2-4-23(13-19)31-12-11-26/h2-10,13,15-16H,12,14,17H2,1H3,(H,27,30). The fraction of sp³-hybridized carbons (Fsp3) is 0.160. The highest BCUT2D eigenvalue weighted by Gasteiger charge is 2.07. The number of amides is 1. The first kappa shape index (κ1) is 20.9. The summed E-state index contributed by atoms with van der Waals surface area (Å²) in [6.07, 6.45) is 3.97. The third-order valence-electron chi connectivity index (χ3n) is 4.81. The number of nitriles is 1. The normalized spacial score (nSPS) is 10.5. The molecule has 4 aromatic rings. The van der Waals surface area contributed by atoms with Gasteiger partial charge in [0.1, 0.15) is 29.8 Å². The number of hydrogen-bond donors (Lipinski definition) is 1. The van der Waals surface area contributed by atoms with Gasteiger partial charge in [-0.15, -0.1) is 0 Å². The third kappa shape index (κ3) is 5.24. The van der Waals surface area contributed by atoms with Gasteiger partial charge < -0.3 is 19.2 Å². The molecular weight excluding hydrogens is 404 g/mol. The number of hydrogen-bond acceptors (Lipinski definition) is 5. The lowest BCUT2D eigenvalue weighted by atomic mass is 10.2. The Bertz CT molecular complexity index is 1270. The number of pyridine rings is 1. The molecule has 2 aromatic carbocycles. The van der Waals surface area contributed by atoms with Crippen molar-refractivity contribution in [2.24, 2.45) is 0 Å². The minimum absolute atomic E-state index is 0.0128. The monoisotopic (exact) mass is 426 g/mol. The largest absolute Gasteiger partial charge is 0.487 e. The van der Waals surface area contributed by atoms with Crippen LogP contribution in [0.25, 0.3) is 5.65 Å². The van der Waals surface area contributed by atoms with Crippen molar-refractivity contribution in [1.29, 1.82) is 5.26 Å². The lowest BCUT2D eigenvalue weighted by Gasteiger charge is -2.08. The Morgan fingerprint density at radius 3 is 2.72 bits per heavy atom. The fourth-order valence-electron chi connectivity index (χ4n) is 3.23. The van der Waals surface area contributed by atoms with E-state index < -0.39 is 0 Å². The molecule has 0 atom stereocenters. The number of imidazole rings is 1. The van der Waals surface area contributed by atoms with Crippen LogP contribution in [0, 0.1) is 18.3 Å². The lowest BCUT2D eigenvalue weighted by Crippen LogP contribution is -2.22. The van der Waals surface area contributed by atoms with E-state index in [1.54, 1.807) is 36.4 Å². The number of nitrogens with one attached hydrogen (secondary N) is 1. The maximum Gasteiger partial charge on any atom is 0.251 e. The van der Waals surface area contributed by atoms with Crippen LogP contribution in [-0.2, 0) is 13.2 Å². The molecule has 0 unspecified atom stereocenters. The topological polar surface area (TPSA) is 88.7 Å². The van der Waals surface area contributed by atoms with Crippen molar-refractivity contribution in [2.45, 2.75) is 20.1 Å². The second kappa shape index (κ2) is 9.67. The Kier molecular flexibility index (Phi) is 6.33. The Morgan fingerprint density at radius 1 is 1.06 bits per heavy atom. The van der Waals surface area contributed by atoms with Gasteiger partial charge in [-0.25, -0.2) is 4.98 Å². The quantitative estimate of drug-likeness (QED) is 0.459. The number of carbonyl (C=O) groups excluding carboxylic acids is 1. The summed E-state index contributed by atoms with van der Waals surface area (Å²) in [5, 5.41) is 11.5. The molecule has 0 aliphatic carbocycles. The van der Waals surface area contributed by atoms with Crippen molar-refractivity contribution in [2.75, 3.05) is 6.61 Å². The van der Waals surface area contributed by atoms with E-state index in [1.165, 1.54) is 0 Å². The third-order valence-corrected chi connectivity index (χ3v) is 4.81. The van der Waals surface area contributed by atoms with E-state index in [9.17, 15) is 4.79 Å². The molecule has 0 saturated heterocycles. The fourth-order valence-corrected chi connectivity index (χ4v) is 3.23. The molecule has 7 nitrogen and oxygen atoms in total. The van der Waals surface area contributed by atoms with Gasteiger partial charge in [-0.1, -0.05) is 18.2 Å². The average molecular weight is 426 g/mol. The minimum atomic E-state index is -0.185. The van der Waals surface area contributed by atoms with E-state index in [0.717, 1.165) is 22.5 Å². The minimum Gasteiger partial charge on any atom is -0.487 e. The highest BCUT2D eigenvalue weighted by molar-refractivity contribution is 5.94. The zero-order valence-corrected chi connectivity index (χ0v) is 17.6. The summed E-state index contributed by atoms with van der Waals surface area (Å²) in [6.45, 7) is 2.72. The predicted octanol–water partition coefficient (Wildman–Crippen LogP) is 4.05. The van der Waals surface area contributed by atoms with Gasteiger partial charge in [0, 0.05) is 24.5 Å². The van der Waals surface area contributed by atoms with Crippen LogP contribution in [0.3, 0.4) is 0 Å². The molecule has 0 aliphatic rings. The highest BCUT2D eigenvalue weighted by Crippen LogP contribution is 2.16. The van der Waals surface area contributed by atoms with E-state index in [1.807, 2.05) is 54.1 Å². The van der Waals surface area contributed by atoms with Gasteiger partial charge in [-0.05, 0) is 60.5 Å². The molecule has 0 bridgehead atoms. The summed E-state index contributed by atoms with van der Waals surface area (Å²) in [4.78, 5) is 17.0. The SMILES string of the molecule is Cc1ccc2nc(COc3ccc(C(=O)NCc4cccc(OCC#N)c4)cc3)cn2c1. The molecule has 0 spiro atoms. The van der Waals surface area contributed by atoms with Gasteiger partial charge in [-0.3, -0.25) is 4.79 Å². The van der Waals surface area contributed by atoms with E-state index in [-0.39, 0.29) is 12.5 Å².